The minimum atomic E-state index is -0.808. The quantitative estimate of drug-likeness (QED) is 0.421. The summed E-state index contributed by atoms with van der Waals surface area (Å²) in [7, 11) is 0. The molecule has 0 aromatic rings. The molecule has 9 heavy (non-hydrogen) atoms. The first kappa shape index (κ1) is 6.92. The molecule has 0 saturated carbocycles. The molecule has 1 rings (SSSR count). The summed E-state index contributed by atoms with van der Waals surface area (Å²) in [6.45, 7) is 2.32. The fourth-order valence-electron chi connectivity index (χ4n) is 0.892. The van der Waals surface area contributed by atoms with E-state index in [0.29, 0.717) is 13.1 Å². The van der Waals surface area contributed by atoms with E-state index in [1.807, 2.05) is 0 Å². The first-order valence-electron chi connectivity index (χ1n) is 3.13. The van der Waals surface area contributed by atoms with Crippen LogP contribution in [0, 0.1) is 0 Å². The van der Waals surface area contributed by atoms with Crippen LogP contribution < -0.4 is 11.2 Å². The summed E-state index contributed by atoms with van der Waals surface area (Å²) >= 11 is 0. The van der Waals surface area contributed by atoms with E-state index in [0.717, 1.165) is 13.1 Å². The van der Waals surface area contributed by atoms with E-state index in [2.05, 4.69) is 5.32 Å². The number of nitrogens with one attached hydrogen (secondary N) is 1. The van der Waals surface area contributed by atoms with Crippen LogP contribution in [0.5, 0.6) is 0 Å². The van der Waals surface area contributed by atoms with Crippen molar-refractivity contribution in [2.45, 2.75) is 6.17 Å². The number of alkyl halides is 1. The van der Waals surface area contributed by atoms with Gasteiger partial charge in [0.2, 0.25) is 0 Å². The summed E-state index contributed by atoms with van der Waals surface area (Å²) < 4.78 is 12.5. The SMILES string of the molecule is NN1CCNCC(F)C1. The number of hydrazine groups is 1. The summed E-state index contributed by atoms with van der Waals surface area (Å²) in [5.74, 6) is 5.38. The second-order valence-corrected chi connectivity index (χ2v) is 2.30. The third-order valence-corrected chi connectivity index (χ3v) is 1.37. The Bertz CT molecular complexity index is 78.3. The molecular weight excluding hydrogens is 121 g/mol. The highest BCUT2D eigenvalue weighted by atomic mass is 19.1. The standard InChI is InChI=1S/C5H12FN3/c6-5-3-8-1-2-9(7)4-5/h5,8H,1-4,7H2. The number of rotatable bonds is 0. The van der Waals surface area contributed by atoms with Crippen LogP contribution in [0.3, 0.4) is 0 Å². The smallest absolute Gasteiger partial charge is 0.126 e. The monoisotopic (exact) mass is 133 g/mol. The van der Waals surface area contributed by atoms with Crippen LogP contribution >= 0.6 is 0 Å². The van der Waals surface area contributed by atoms with Crippen LogP contribution in [0.15, 0.2) is 0 Å². The van der Waals surface area contributed by atoms with Crippen LogP contribution in [-0.4, -0.2) is 37.4 Å². The van der Waals surface area contributed by atoms with Gasteiger partial charge in [-0.15, -0.1) is 0 Å². The number of hydrogen-bond acceptors (Lipinski definition) is 3. The van der Waals surface area contributed by atoms with Crippen molar-refractivity contribution < 1.29 is 4.39 Å². The summed E-state index contributed by atoms with van der Waals surface area (Å²) in [4.78, 5) is 0. The zero-order valence-electron chi connectivity index (χ0n) is 5.31. The second-order valence-electron chi connectivity index (χ2n) is 2.30. The van der Waals surface area contributed by atoms with Gasteiger partial charge in [0.1, 0.15) is 6.17 Å². The Morgan fingerprint density at radius 1 is 1.67 bits per heavy atom. The highest BCUT2D eigenvalue weighted by molar-refractivity contribution is 4.68. The average Bonchev–Trinajstić information content (AvgIpc) is 1.93. The third-order valence-electron chi connectivity index (χ3n) is 1.37. The molecule has 0 aliphatic carbocycles. The molecule has 1 atom stereocenters. The summed E-state index contributed by atoms with van der Waals surface area (Å²) in [6.07, 6.45) is -0.808. The van der Waals surface area contributed by atoms with Crippen molar-refractivity contribution in [3.63, 3.8) is 0 Å². The zero-order valence-corrected chi connectivity index (χ0v) is 5.31. The van der Waals surface area contributed by atoms with Gasteiger partial charge in [0.15, 0.2) is 0 Å². The lowest BCUT2D eigenvalue weighted by Gasteiger charge is -2.12. The molecule has 0 aromatic heterocycles. The van der Waals surface area contributed by atoms with Gasteiger partial charge >= 0.3 is 0 Å². The summed E-state index contributed by atoms with van der Waals surface area (Å²) in [5, 5.41) is 4.44. The molecular formula is C5H12FN3. The van der Waals surface area contributed by atoms with Crippen LogP contribution in [0.4, 0.5) is 4.39 Å². The molecule has 1 heterocycles. The molecule has 0 bridgehead atoms. The first-order chi connectivity index (χ1) is 4.29. The van der Waals surface area contributed by atoms with E-state index < -0.39 is 6.17 Å². The Labute approximate surface area is 54.0 Å². The van der Waals surface area contributed by atoms with Crippen molar-refractivity contribution >= 4 is 0 Å². The molecule has 1 unspecified atom stereocenters. The van der Waals surface area contributed by atoms with Gasteiger partial charge in [-0.2, -0.15) is 0 Å². The lowest BCUT2D eigenvalue weighted by molar-refractivity contribution is 0.220. The maximum absolute atomic E-state index is 12.5. The van der Waals surface area contributed by atoms with E-state index >= 15 is 0 Å². The Morgan fingerprint density at radius 2 is 2.44 bits per heavy atom. The Hall–Kier alpha value is -0.190. The van der Waals surface area contributed by atoms with Gasteiger partial charge in [0.25, 0.3) is 0 Å². The molecule has 3 N–H and O–H groups in total. The van der Waals surface area contributed by atoms with Crippen LogP contribution in [0.2, 0.25) is 0 Å². The van der Waals surface area contributed by atoms with Crippen LogP contribution in [-0.2, 0) is 0 Å². The molecule has 1 aliphatic rings. The molecule has 1 aliphatic heterocycles. The van der Waals surface area contributed by atoms with Crippen molar-refractivity contribution in [2.24, 2.45) is 5.84 Å². The van der Waals surface area contributed by atoms with Gasteiger partial charge in [-0.25, -0.2) is 9.40 Å². The molecule has 0 amide bonds. The molecule has 4 heteroatoms. The summed E-state index contributed by atoms with van der Waals surface area (Å²) in [6, 6.07) is 0. The van der Waals surface area contributed by atoms with Crippen molar-refractivity contribution in [1.82, 2.24) is 10.3 Å². The lowest BCUT2D eigenvalue weighted by atomic mass is 10.4. The van der Waals surface area contributed by atoms with Gasteiger partial charge in [-0.1, -0.05) is 0 Å². The lowest BCUT2D eigenvalue weighted by Crippen LogP contribution is -2.36. The maximum atomic E-state index is 12.5. The van der Waals surface area contributed by atoms with Crippen LogP contribution in [0.1, 0.15) is 0 Å². The zero-order chi connectivity index (χ0) is 6.69. The number of nitrogens with zero attached hydrogens (tertiary/aromatic N) is 1. The predicted octanol–water partition coefficient (Wildman–Crippen LogP) is -0.897. The molecule has 0 radical (unpaired) electrons. The van der Waals surface area contributed by atoms with E-state index in [9.17, 15) is 4.39 Å². The minimum absolute atomic E-state index is 0.354. The van der Waals surface area contributed by atoms with E-state index in [1.54, 1.807) is 0 Å². The van der Waals surface area contributed by atoms with Gasteiger partial charge < -0.3 is 5.32 Å². The Morgan fingerprint density at radius 3 is 3.22 bits per heavy atom. The topological polar surface area (TPSA) is 41.3 Å². The van der Waals surface area contributed by atoms with E-state index in [4.69, 9.17) is 5.84 Å². The average molecular weight is 133 g/mol. The van der Waals surface area contributed by atoms with E-state index in [-0.39, 0.29) is 0 Å². The van der Waals surface area contributed by atoms with Crippen molar-refractivity contribution in [1.29, 1.82) is 0 Å². The first-order valence-corrected chi connectivity index (χ1v) is 3.13. The highest BCUT2D eigenvalue weighted by Crippen LogP contribution is 1.93. The van der Waals surface area contributed by atoms with Crippen molar-refractivity contribution in [2.75, 3.05) is 26.2 Å². The van der Waals surface area contributed by atoms with Gasteiger partial charge in [-0.05, 0) is 0 Å². The fraction of sp³-hybridized carbons (Fsp3) is 1.00. The van der Waals surface area contributed by atoms with Crippen molar-refractivity contribution in [3.8, 4) is 0 Å². The Balaban J connectivity index is 2.29. The van der Waals surface area contributed by atoms with Crippen LogP contribution in [0.25, 0.3) is 0 Å². The molecule has 3 nitrogen and oxygen atoms in total. The van der Waals surface area contributed by atoms with E-state index in [1.165, 1.54) is 5.01 Å². The second kappa shape index (κ2) is 3.10. The number of hydrogen-bond donors (Lipinski definition) is 2. The number of nitrogens with two attached hydrogens (primary N) is 1. The largest absolute Gasteiger partial charge is 0.312 e. The minimum Gasteiger partial charge on any atom is -0.312 e. The maximum Gasteiger partial charge on any atom is 0.126 e. The predicted molar refractivity (Wildman–Crippen MR) is 33.5 cm³/mol. The highest BCUT2D eigenvalue weighted by Gasteiger charge is 2.12. The normalized spacial score (nSPS) is 32.0. The molecule has 54 valence electrons. The number of halogens is 1. The van der Waals surface area contributed by atoms with Gasteiger partial charge in [0.05, 0.1) is 0 Å². The fourth-order valence-corrected chi connectivity index (χ4v) is 0.892. The molecule has 1 fully saturated rings. The van der Waals surface area contributed by atoms with Gasteiger partial charge in [-0.3, -0.25) is 5.84 Å². The molecule has 0 spiro atoms. The Kier molecular flexibility index (Phi) is 2.38. The third kappa shape index (κ3) is 2.26. The summed E-state index contributed by atoms with van der Waals surface area (Å²) in [5.41, 5.74) is 0. The van der Waals surface area contributed by atoms with Gasteiger partial charge in [0, 0.05) is 26.2 Å². The molecule has 1 saturated heterocycles. The van der Waals surface area contributed by atoms with Crippen molar-refractivity contribution in [3.05, 3.63) is 0 Å². The molecule has 0 aromatic carbocycles.